The highest BCUT2D eigenvalue weighted by atomic mass is 16.6. The van der Waals surface area contributed by atoms with Crippen LogP contribution in [0.2, 0.25) is 0 Å². The van der Waals surface area contributed by atoms with E-state index >= 15 is 0 Å². The van der Waals surface area contributed by atoms with E-state index in [1.165, 1.54) is 4.90 Å². The van der Waals surface area contributed by atoms with Gasteiger partial charge in [0.05, 0.1) is 5.92 Å². The lowest BCUT2D eigenvalue weighted by Crippen LogP contribution is -2.60. The fourth-order valence-corrected chi connectivity index (χ4v) is 3.44. The van der Waals surface area contributed by atoms with Crippen molar-refractivity contribution in [3.8, 4) is 0 Å². The van der Waals surface area contributed by atoms with E-state index in [4.69, 9.17) is 9.47 Å². The van der Waals surface area contributed by atoms with Crippen molar-refractivity contribution < 1.29 is 23.9 Å². The van der Waals surface area contributed by atoms with Crippen LogP contribution in [0.3, 0.4) is 0 Å². The second-order valence-corrected chi connectivity index (χ2v) is 8.99. The fourth-order valence-electron chi connectivity index (χ4n) is 3.44. The summed E-state index contributed by atoms with van der Waals surface area (Å²) in [4.78, 5) is 41.1. The van der Waals surface area contributed by atoms with E-state index in [2.05, 4.69) is 0 Å². The van der Waals surface area contributed by atoms with Crippen molar-refractivity contribution >= 4 is 18.0 Å². The third-order valence-electron chi connectivity index (χ3n) is 4.93. The van der Waals surface area contributed by atoms with Crippen LogP contribution in [-0.2, 0) is 25.7 Å². The standard InChI is InChI=1S/C23H34N2O5/c1-7-25(19(16(2)3)21(27)30-23(4,5)6)20(26)18-13-24(14-18)22(28)29-15-17-11-9-8-10-12-17/h8-12,16,18-19H,7,13-15H2,1-6H3/t19-/m0/s1. The largest absolute Gasteiger partial charge is 0.458 e. The van der Waals surface area contributed by atoms with Crippen LogP contribution in [0, 0.1) is 11.8 Å². The lowest BCUT2D eigenvalue weighted by atomic mass is 9.95. The number of ether oxygens (including phenoxy) is 2. The second kappa shape index (κ2) is 9.96. The summed E-state index contributed by atoms with van der Waals surface area (Å²) in [6.07, 6.45) is -0.432. The van der Waals surface area contributed by atoms with E-state index in [9.17, 15) is 14.4 Å². The Morgan fingerprint density at radius 3 is 2.23 bits per heavy atom. The Hall–Kier alpha value is -2.57. The zero-order valence-corrected chi connectivity index (χ0v) is 18.9. The maximum atomic E-state index is 13.1. The number of carbonyl (C=O) groups excluding carboxylic acids is 3. The molecule has 2 rings (SSSR count). The molecule has 1 aromatic carbocycles. The average molecular weight is 419 g/mol. The van der Waals surface area contributed by atoms with E-state index in [1.54, 1.807) is 4.90 Å². The molecule has 7 heteroatoms. The summed E-state index contributed by atoms with van der Waals surface area (Å²) in [7, 11) is 0. The van der Waals surface area contributed by atoms with Crippen LogP contribution in [0.1, 0.15) is 47.1 Å². The van der Waals surface area contributed by atoms with Gasteiger partial charge in [0.2, 0.25) is 5.91 Å². The molecule has 30 heavy (non-hydrogen) atoms. The molecule has 0 spiro atoms. The number of hydrogen-bond donors (Lipinski definition) is 0. The normalized spacial score (nSPS) is 15.4. The molecule has 0 saturated carbocycles. The van der Waals surface area contributed by atoms with E-state index in [0.29, 0.717) is 19.6 Å². The highest BCUT2D eigenvalue weighted by Gasteiger charge is 2.43. The first-order valence-corrected chi connectivity index (χ1v) is 10.5. The first kappa shape index (κ1) is 23.7. The Kier molecular flexibility index (Phi) is 7.87. The van der Waals surface area contributed by atoms with Crippen molar-refractivity contribution in [3.63, 3.8) is 0 Å². The van der Waals surface area contributed by atoms with Gasteiger partial charge in [0.1, 0.15) is 18.2 Å². The molecule has 1 atom stereocenters. The number of carbonyl (C=O) groups is 3. The van der Waals surface area contributed by atoms with Crippen LogP contribution in [0.15, 0.2) is 30.3 Å². The van der Waals surface area contributed by atoms with Crippen LogP contribution >= 0.6 is 0 Å². The maximum Gasteiger partial charge on any atom is 0.410 e. The molecule has 1 saturated heterocycles. The molecule has 0 unspecified atom stereocenters. The molecule has 1 aliphatic rings. The topological polar surface area (TPSA) is 76.2 Å². The number of nitrogens with zero attached hydrogens (tertiary/aromatic N) is 2. The first-order chi connectivity index (χ1) is 14.0. The summed E-state index contributed by atoms with van der Waals surface area (Å²) < 4.78 is 10.9. The third-order valence-corrected chi connectivity index (χ3v) is 4.93. The van der Waals surface area contributed by atoms with Gasteiger partial charge in [-0.3, -0.25) is 4.79 Å². The molecule has 2 amide bonds. The molecule has 0 N–H and O–H groups in total. The third kappa shape index (κ3) is 6.21. The molecular formula is C23H34N2O5. The molecule has 0 bridgehead atoms. The van der Waals surface area contributed by atoms with Gasteiger partial charge < -0.3 is 19.3 Å². The predicted octanol–water partition coefficient (Wildman–Crippen LogP) is 3.47. The van der Waals surface area contributed by atoms with Crippen molar-refractivity contribution in [2.24, 2.45) is 11.8 Å². The number of esters is 1. The number of hydrogen-bond acceptors (Lipinski definition) is 5. The van der Waals surface area contributed by atoms with Gasteiger partial charge in [-0.25, -0.2) is 9.59 Å². The highest BCUT2D eigenvalue weighted by Crippen LogP contribution is 2.24. The van der Waals surface area contributed by atoms with Crippen LogP contribution in [0.4, 0.5) is 4.79 Å². The summed E-state index contributed by atoms with van der Waals surface area (Å²) in [5.41, 5.74) is 0.288. The summed E-state index contributed by atoms with van der Waals surface area (Å²) in [5.74, 6) is -0.950. The van der Waals surface area contributed by atoms with Gasteiger partial charge in [0.15, 0.2) is 0 Å². The van der Waals surface area contributed by atoms with E-state index in [1.807, 2.05) is 71.9 Å². The predicted molar refractivity (Wildman–Crippen MR) is 114 cm³/mol. The Labute approximate surface area is 179 Å². The molecule has 1 heterocycles. The Morgan fingerprint density at radius 2 is 1.73 bits per heavy atom. The molecule has 0 aromatic heterocycles. The van der Waals surface area contributed by atoms with Gasteiger partial charge in [-0.15, -0.1) is 0 Å². The van der Waals surface area contributed by atoms with Crippen molar-refractivity contribution in [1.82, 2.24) is 9.80 Å². The maximum absolute atomic E-state index is 13.1. The first-order valence-electron chi connectivity index (χ1n) is 10.5. The Bertz CT molecular complexity index is 736. The van der Waals surface area contributed by atoms with Gasteiger partial charge in [0, 0.05) is 19.6 Å². The van der Waals surface area contributed by atoms with Gasteiger partial charge in [-0.05, 0) is 39.2 Å². The smallest absolute Gasteiger partial charge is 0.410 e. The number of likely N-dealkylation sites (tertiary alicyclic amines) is 1. The van der Waals surface area contributed by atoms with Crippen molar-refractivity contribution in [3.05, 3.63) is 35.9 Å². The molecule has 7 nitrogen and oxygen atoms in total. The SMILES string of the molecule is CCN(C(=O)C1CN(C(=O)OCc2ccccc2)C1)[C@H](C(=O)OC(C)(C)C)C(C)C. The molecule has 0 aliphatic carbocycles. The monoisotopic (exact) mass is 418 g/mol. The number of likely N-dealkylation sites (N-methyl/N-ethyl adjacent to an activating group) is 1. The van der Waals surface area contributed by atoms with Crippen LogP contribution in [0.25, 0.3) is 0 Å². The minimum absolute atomic E-state index is 0.0873. The number of benzene rings is 1. The summed E-state index contributed by atoms with van der Waals surface area (Å²) in [5, 5.41) is 0. The van der Waals surface area contributed by atoms with Gasteiger partial charge in [-0.1, -0.05) is 44.2 Å². The van der Waals surface area contributed by atoms with E-state index in [0.717, 1.165) is 5.56 Å². The van der Waals surface area contributed by atoms with Crippen LogP contribution in [-0.4, -0.2) is 59.0 Å². The minimum Gasteiger partial charge on any atom is -0.458 e. The fraction of sp³-hybridized carbons (Fsp3) is 0.609. The Balaban J connectivity index is 1.93. The zero-order chi connectivity index (χ0) is 22.5. The Morgan fingerprint density at radius 1 is 1.13 bits per heavy atom. The number of rotatable bonds is 7. The van der Waals surface area contributed by atoms with Crippen molar-refractivity contribution in [1.29, 1.82) is 0 Å². The average Bonchev–Trinajstić information content (AvgIpc) is 2.61. The van der Waals surface area contributed by atoms with Gasteiger partial charge >= 0.3 is 12.1 Å². The summed E-state index contributed by atoms with van der Waals surface area (Å²) >= 11 is 0. The quantitative estimate of drug-likeness (QED) is 0.634. The molecule has 1 fully saturated rings. The summed E-state index contributed by atoms with van der Waals surface area (Å²) in [6, 6.07) is 8.79. The molecule has 166 valence electrons. The van der Waals surface area contributed by atoms with E-state index < -0.39 is 23.7 Å². The second-order valence-electron chi connectivity index (χ2n) is 8.99. The van der Waals surface area contributed by atoms with E-state index in [-0.39, 0.29) is 24.3 Å². The van der Waals surface area contributed by atoms with Crippen molar-refractivity contribution in [2.45, 2.75) is 59.8 Å². The molecule has 0 radical (unpaired) electrons. The molecule has 1 aliphatic heterocycles. The van der Waals surface area contributed by atoms with Gasteiger partial charge in [-0.2, -0.15) is 0 Å². The molecular weight excluding hydrogens is 384 g/mol. The zero-order valence-electron chi connectivity index (χ0n) is 18.9. The minimum atomic E-state index is -0.652. The van der Waals surface area contributed by atoms with Crippen molar-refractivity contribution in [2.75, 3.05) is 19.6 Å². The lowest BCUT2D eigenvalue weighted by molar-refractivity contribution is -0.168. The van der Waals surface area contributed by atoms with Crippen LogP contribution in [0.5, 0.6) is 0 Å². The number of amides is 2. The summed E-state index contributed by atoms with van der Waals surface area (Å²) in [6.45, 7) is 12.3. The highest BCUT2D eigenvalue weighted by molar-refractivity contribution is 5.88. The molecule has 1 aromatic rings. The van der Waals surface area contributed by atoms with Crippen LogP contribution < -0.4 is 0 Å². The lowest BCUT2D eigenvalue weighted by Gasteiger charge is -2.42. The van der Waals surface area contributed by atoms with Gasteiger partial charge in [0.25, 0.3) is 0 Å².